The summed E-state index contributed by atoms with van der Waals surface area (Å²) in [6.07, 6.45) is 1.57. The summed E-state index contributed by atoms with van der Waals surface area (Å²) in [6, 6.07) is 11.1. The number of nitrogens with one attached hydrogen (secondary N) is 1. The fourth-order valence-corrected chi connectivity index (χ4v) is 3.25. The number of benzene rings is 2. The van der Waals surface area contributed by atoms with Crippen LogP contribution in [0.1, 0.15) is 11.1 Å². The normalized spacial score (nSPS) is 15.8. The molecule has 1 fully saturated rings. The summed E-state index contributed by atoms with van der Waals surface area (Å²) in [5.74, 6) is 2.48. The Hall–Kier alpha value is -3.30. The molecule has 0 saturated carbocycles. The fraction of sp³-hybridized carbons (Fsp3) is 0.364. The second kappa shape index (κ2) is 10.1. The molecule has 2 aliphatic heterocycles. The van der Waals surface area contributed by atoms with Crippen molar-refractivity contribution in [2.45, 2.75) is 6.61 Å². The zero-order valence-corrected chi connectivity index (χ0v) is 17.3. The van der Waals surface area contributed by atoms with Gasteiger partial charge in [-0.15, -0.1) is 0 Å². The number of rotatable bonds is 8. The molecule has 0 unspecified atom stereocenters. The Morgan fingerprint density at radius 1 is 1.13 bits per heavy atom. The lowest BCUT2D eigenvalue weighted by atomic mass is 10.2. The van der Waals surface area contributed by atoms with Gasteiger partial charge in [-0.1, -0.05) is 6.07 Å². The number of carbonyl (C=O) groups excluding carboxylic acids is 1. The Labute approximate surface area is 180 Å². The smallest absolute Gasteiger partial charge is 0.254 e. The van der Waals surface area contributed by atoms with Crippen molar-refractivity contribution in [1.29, 1.82) is 0 Å². The summed E-state index contributed by atoms with van der Waals surface area (Å²) < 4.78 is 27.3. The molecule has 2 aliphatic rings. The summed E-state index contributed by atoms with van der Waals surface area (Å²) in [4.78, 5) is 14.0. The molecule has 164 valence electrons. The minimum atomic E-state index is -0.159. The summed E-state index contributed by atoms with van der Waals surface area (Å²) in [5, 5.41) is 4.03. The molecule has 0 spiro atoms. The van der Waals surface area contributed by atoms with Crippen molar-refractivity contribution >= 4 is 12.1 Å². The molecule has 2 aromatic rings. The van der Waals surface area contributed by atoms with E-state index < -0.39 is 0 Å². The standard InChI is InChI=1S/C22H25N3O6/c1-27-20-10-16(12-23-24-22(26)13-25-6-8-28-9-7-25)2-4-18(20)29-14-17-3-5-19-21(11-17)31-15-30-19/h2-5,10-12H,6-9,13-15H2,1H3,(H,24,26)/b23-12+. The van der Waals surface area contributed by atoms with Gasteiger partial charge in [0.2, 0.25) is 6.79 Å². The molecule has 2 heterocycles. The van der Waals surface area contributed by atoms with Crippen LogP contribution in [0.15, 0.2) is 41.5 Å². The number of nitrogens with zero attached hydrogens (tertiary/aromatic N) is 2. The van der Waals surface area contributed by atoms with Crippen LogP contribution in [0.5, 0.6) is 23.0 Å². The number of carbonyl (C=O) groups is 1. The highest BCUT2D eigenvalue weighted by Gasteiger charge is 2.15. The minimum Gasteiger partial charge on any atom is -0.493 e. The van der Waals surface area contributed by atoms with E-state index >= 15 is 0 Å². The zero-order chi connectivity index (χ0) is 21.5. The van der Waals surface area contributed by atoms with Gasteiger partial charge in [-0.05, 0) is 41.5 Å². The van der Waals surface area contributed by atoms with Crippen LogP contribution < -0.4 is 24.4 Å². The summed E-state index contributed by atoms with van der Waals surface area (Å²) in [6.45, 7) is 3.71. The lowest BCUT2D eigenvalue weighted by Gasteiger charge is -2.25. The van der Waals surface area contributed by atoms with Crippen LogP contribution in [0.4, 0.5) is 0 Å². The Morgan fingerprint density at radius 3 is 2.81 bits per heavy atom. The van der Waals surface area contributed by atoms with Crippen molar-refractivity contribution in [2.75, 3.05) is 46.8 Å². The first kappa shape index (κ1) is 21.0. The highest BCUT2D eigenvalue weighted by molar-refractivity contribution is 5.83. The van der Waals surface area contributed by atoms with Gasteiger partial charge in [-0.25, -0.2) is 5.43 Å². The van der Waals surface area contributed by atoms with Gasteiger partial charge in [-0.3, -0.25) is 9.69 Å². The molecule has 31 heavy (non-hydrogen) atoms. The van der Waals surface area contributed by atoms with Gasteiger partial charge in [0.05, 0.1) is 33.1 Å². The van der Waals surface area contributed by atoms with Crippen LogP contribution >= 0.6 is 0 Å². The third kappa shape index (κ3) is 5.65. The maximum absolute atomic E-state index is 12.0. The van der Waals surface area contributed by atoms with E-state index in [0.717, 1.165) is 35.7 Å². The summed E-state index contributed by atoms with van der Waals surface area (Å²) in [5.41, 5.74) is 4.29. The molecule has 2 aromatic carbocycles. The number of hydrazone groups is 1. The molecule has 0 atom stereocenters. The van der Waals surface area contributed by atoms with E-state index in [0.29, 0.717) is 37.9 Å². The van der Waals surface area contributed by atoms with E-state index in [1.807, 2.05) is 35.2 Å². The molecule has 9 nitrogen and oxygen atoms in total. The first-order valence-electron chi connectivity index (χ1n) is 10.0. The van der Waals surface area contributed by atoms with Gasteiger partial charge in [0, 0.05) is 13.1 Å². The highest BCUT2D eigenvalue weighted by atomic mass is 16.7. The van der Waals surface area contributed by atoms with Crippen molar-refractivity contribution in [3.8, 4) is 23.0 Å². The Morgan fingerprint density at radius 2 is 1.97 bits per heavy atom. The number of fused-ring (bicyclic) bond motifs is 1. The van der Waals surface area contributed by atoms with E-state index in [2.05, 4.69) is 10.5 Å². The SMILES string of the molecule is COc1cc(/C=N/NC(=O)CN2CCOCC2)ccc1OCc1ccc2c(c1)OCO2. The maximum atomic E-state index is 12.0. The highest BCUT2D eigenvalue weighted by Crippen LogP contribution is 2.33. The molecule has 9 heteroatoms. The summed E-state index contributed by atoms with van der Waals surface area (Å²) >= 11 is 0. The van der Waals surface area contributed by atoms with Gasteiger partial charge in [0.1, 0.15) is 6.61 Å². The zero-order valence-electron chi connectivity index (χ0n) is 17.3. The molecule has 1 N–H and O–H groups in total. The number of hydrogen-bond donors (Lipinski definition) is 1. The minimum absolute atomic E-state index is 0.159. The quantitative estimate of drug-likeness (QED) is 0.507. The molecule has 1 amide bonds. The Kier molecular flexibility index (Phi) is 6.85. The third-order valence-corrected chi connectivity index (χ3v) is 4.89. The van der Waals surface area contributed by atoms with E-state index in [-0.39, 0.29) is 12.7 Å². The lowest BCUT2D eigenvalue weighted by molar-refractivity contribution is -0.123. The Bertz CT molecular complexity index is 943. The van der Waals surface area contributed by atoms with E-state index in [9.17, 15) is 4.79 Å². The second-order valence-electron chi connectivity index (χ2n) is 7.07. The largest absolute Gasteiger partial charge is 0.493 e. The van der Waals surface area contributed by atoms with Crippen molar-refractivity contribution in [1.82, 2.24) is 10.3 Å². The molecule has 1 saturated heterocycles. The number of amides is 1. The predicted molar refractivity (Wildman–Crippen MR) is 113 cm³/mol. The predicted octanol–water partition coefficient (Wildman–Crippen LogP) is 1.79. The molecular weight excluding hydrogens is 402 g/mol. The van der Waals surface area contributed by atoms with Crippen LogP contribution in [0.2, 0.25) is 0 Å². The monoisotopic (exact) mass is 427 g/mol. The first-order valence-corrected chi connectivity index (χ1v) is 10.0. The number of ether oxygens (including phenoxy) is 5. The number of morpholine rings is 1. The van der Waals surface area contributed by atoms with Gasteiger partial charge >= 0.3 is 0 Å². The molecule has 0 aliphatic carbocycles. The van der Waals surface area contributed by atoms with Crippen LogP contribution in [0.3, 0.4) is 0 Å². The third-order valence-electron chi connectivity index (χ3n) is 4.89. The van der Waals surface area contributed by atoms with Crippen LogP contribution in [0, 0.1) is 0 Å². The second-order valence-corrected chi connectivity index (χ2v) is 7.07. The maximum Gasteiger partial charge on any atom is 0.254 e. The van der Waals surface area contributed by atoms with E-state index in [1.165, 1.54) is 0 Å². The molecular formula is C22H25N3O6. The van der Waals surface area contributed by atoms with E-state index in [4.69, 9.17) is 23.7 Å². The van der Waals surface area contributed by atoms with Gasteiger partial charge in [0.25, 0.3) is 5.91 Å². The fourth-order valence-electron chi connectivity index (χ4n) is 3.25. The first-order chi connectivity index (χ1) is 15.2. The molecule has 0 bridgehead atoms. The van der Waals surface area contributed by atoms with Gasteiger partial charge < -0.3 is 23.7 Å². The van der Waals surface area contributed by atoms with Crippen LogP contribution in [0.25, 0.3) is 0 Å². The van der Waals surface area contributed by atoms with Gasteiger partial charge in [0.15, 0.2) is 23.0 Å². The van der Waals surface area contributed by atoms with Crippen LogP contribution in [-0.2, 0) is 16.1 Å². The average Bonchev–Trinajstić information content (AvgIpc) is 3.26. The lowest BCUT2D eigenvalue weighted by Crippen LogP contribution is -2.42. The number of methoxy groups -OCH3 is 1. The van der Waals surface area contributed by atoms with Crippen molar-refractivity contribution < 1.29 is 28.5 Å². The van der Waals surface area contributed by atoms with Crippen molar-refractivity contribution in [2.24, 2.45) is 5.10 Å². The number of hydrogen-bond acceptors (Lipinski definition) is 8. The van der Waals surface area contributed by atoms with Gasteiger partial charge in [-0.2, -0.15) is 5.10 Å². The molecule has 4 rings (SSSR count). The molecule has 0 radical (unpaired) electrons. The Balaban J connectivity index is 1.30. The molecule has 0 aromatic heterocycles. The topological polar surface area (TPSA) is 90.9 Å². The summed E-state index contributed by atoms with van der Waals surface area (Å²) in [7, 11) is 1.58. The van der Waals surface area contributed by atoms with Crippen molar-refractivity contribution in [3.63, 3.8) is 0 Å². The average molecular weight is 427 g/mol. The van der Waals surface area contributed by atoms with Crippen LogP contribution in [-0.4, -0.2) is 63.8 Å². The van der Waals surface area contributed by atoms with E-state index in [1.54, 1.807) is 19.4 Å². The van der Waals surface area contributed by atoms with Crippen molar-refractivity contribution in [3.05, 3.63) is 47.5 Å².